The van der Waals surface area contributed by atoms with E-state index in [9.17, 15) is 56.4 Å². The smallest absolute Gasteiger partial charge is 0.293 e. The summed E-state index contributed by atoms with van der Waals surface area (Å²) < 4.78 is 59.2. The first-order valence-electron chi connectivity index (χ1n) is 20.8. The molecule has 15 nitrogen and oxygen atoms in total. The van der Waals surface area contributed by atoms with Crippen molar-refractivity contribution in [3.8, 4) is 6.07 Å². The standard InChI is InChI=1S/C45H40Cl2F4N8O7/c1-19-30(36(60)41(65)57-44(42(66)53-4)17-45(50,51)18-44)29-14-23-24(34(23)59(29)33(19)38(62)55-22-8-10-27(49)25(46)13-22)15-43(2,3)56-40(64)37(61)31-28-6-5-11-58(28)35(32(31)47)39(63)54-21-7-9-26(48)20(12-21)16-52/h7-10,12-13,23-24,34H,5-6,11,14-15,17-18H2,1-4H3,(H,53,66)(H,54,63)(H,55,62)(H,56,64)(H,57,65)/t23?,24?,34-/m1/s1. The van der Waals surface area contributed by atoms with E-state index in [0.29, 0.717) is 30.8 Å². The van der Waals surface area contributed by atoms with E-state index < -0.39 is 88.6 Å². The number of ketones is 2. The highest BCUT2D eigenvalue weighted by molar-refractivity contribution is 6.48. The number of anilines is 2. The van der Waals surface area contributed by atoms with Gasteiger partial charge in [-0.1, -0.05) is 23.2 Å². The SMILES string of the molecule is CNC(=O)C1(NC(=O)C(=O)c2c(C)c(C(=O)Nc3ccc(F)c(Cl)c3)n3c2CC2C(CC(C)(C)NC(=O)C(=O)c4c(Cl)c(C(=O)Nc5ccc(F)c(C#N)c5)n5c4CCC5)[C@@H]23)CC(F)(F)C1. The summed E-state index contributed by atoms with van der Waals surface area (Å²) in [4.78, 5) is 95.5. The second kappa shape index (κ2) is 16.4. The molecule has 0 saturated heterocycles. The van der Waals surface area contributed by atoms with Gasteiger partial charge < -0.3 is 35.7 Å². The van der Waals surface area contributed by atoms with Crippen molar-refractivity contribution in [2.45, 2.75) is 88.9 Å². The summed E-state index contributed by atoms with van der Waals surface area (Å²) in [6.07, 6.45) is -0.734. The zero-order valence-electron chi connectivity index (χ0n) is 35.6. The molecule has 21 heteroatoms. The second-order valence-corrected chi connectivity index (χ2v) is 18.6. The summed E-state index contributed by atoms with van der Waals surface area (Å²) in [5.41, 5.74) is -2.81. The van der Waals surface area contributed by atoms with Crippen molar-refractivity contribution in [3.05, 3.63) is 103 Å². The van der Waals surface area contributed by atoms with E-state index in [1.165, 1.54) is 32.2 Å². The molecule has 0 radical (unpaired) electrons. The predicted molar refractivity (Wildman–Crippen MR) is 230 cm³/mol. The van der Waals surface area contributed by atoms with Gasteiger partial charge in [-0.25, -0.2) is 17.6 Å². The number of hydrogen-bond acceptors (Lipinski definition) is 8. The fraction of sp³-hybridized carbons (Fsp3) is 0.378. The maximum absolute atomic E-state index is 14.1. The van der Waals surface area contributed by atoms with Crippen molar-refractivity contribution in [2.75, 3.05) is 17.7 Å². The summed E-state index contributed by atoms with van der Waals surface area (Å²) in [5, 5.41) is 21.2. The van der Waals surface area contributed by atoms with Crippen molar-refractivity contribution in [3.63, 3.8) is 0 Å². The molecule has 2 aliphatic heterocycles. The van der Waals surface area contributed by atoms with Crippen molar-refractivity contribution >= 4 is 75.7 Å². The molecule has 0 spiro atoms. The largest absolute Gasteiger partial charge is 0.357 e. The first-order chi connectivity index (χ1) is 31.0. The number of nitriles is 1. The van der Waals surface area contributed by atoms with Crippen LogP contribution in [0.5, 0.6) is 0 Å². The molecule has 66 heavy (non-hydrogen) atoms. The Kier molecular flexibility index (Phi) is 11.4. The molecule has 2 unspecified atom stereocenters. The molecule has 4 heterocycles. The Balaban J connectivity index is 1.03. The molecule has 5 N–H and O–H groups in total. The third kappa shape index (κ3) is 7.89. The normalized spacial score (nSPS) is 19.3. The molecule has 2 aromatic heterocycles. The third-order valence-corrected chi connectivity index (χ3v) is 13.5. The van der Waals surface area contributed by atoms with Gasteiger partial charge in [0.25, 0.3) is 41.1 Å². The van der Waals surface area contributed by atoms with E-state index in [-0.39, 0.29) is 79.7 Å². The lowest BCUT2D eigenvalue weighted by Gasteiger charge is -2.45. The van der Waals surface area contributed by atoms with Crippen LogP contribution in [0.1, 0.15) is 110 Å². The van der Waals surface area contributed by atoms with Gasteiger partial charge in [0.15, 0.2) is 0 Å². The number of rotatable bonds is 13. The summed E-state index contributed by atoms with van der Waals surface area (Å²) in [6, 6.07) is 8.17. The van der Waals surface area contributed by atoms with Crippen molar-refractivity contribution in [1.82, 2.24) is 25.1 Å². The molecule has 2 saturated carbocycles. The minimum absolute atomic E-state index is 0.0215. The first kappa shape index (κ1) is 46.0. The first-order valence-corrected chi connectivity index (χ1v) is 21.5. The van der Waals surface area contributed by atoms with Crippen LogP contribution in [-0.4, -0.2) is 74.3 Å². The highest BCUT2D eigenvalue weighted by Crippen LogP contribution is 2.62. The molecule has 0 bridgehead atoms. The average molecular weight is 952 g/mol. The van der Waals surface area contributed by atoms with Crippen molar-refractivity contribution < 1.29 is 51.1 Å². The van der Waals surface area contributed by atoms with Crippen LogP contribution in [-0.2, 0) is 33.8 Å². The lowest BCUT2D eigenvalue weighted by molar-refractivity contribution is -0.164. The second-order valence-electron chi connectivity index (χ2n) is 17.8. The number of alkyl halides is 2. The van der Waals surface area contributed by atoms with Crippen LogP contribution in [0.4, 0.5) is 28.9 Å². The topological polar surface area (TPSA) is 213 Å². The molecule has 4 aromatic rings. The highest BCUT2D eigenvalue weighted by atomic mass is 35.5. The van der Waals surface area contributed by atoms with Gasteiger partial charge in [-0.2, -0.15) is 5.26 Å². The van der Waals surface area contributed by atoms with Crippen LogP contribution in [0.3, 0.4) is 0 Å². The van der Waals surface area contributed by atoms with Gasteiger partial charge >= 0.3 is 0 Å². The molecular weight excluding hydrogens is 911 g/mol. The van der Waals surface area contributed by atoms with Crippen LogP contribution in [0.15, 0.2) is 36.4 Å². The number of fused-ring (bicyclic) bond motifs is 4. The van der Waals surface area contributed by atoms with Gasteiger partial charge in [-0.15, -0.1) is 0 Å². The molecule has 3 atom stereocenters. The molecule has 344 valence electrons. The number of amides is 5. The summed E-state index contributed by atoms with van der Waals surface area (Å²) in [6.45, 7) is 5.14. The summed E-state index contributed by atoms with van der Waals surface area (Å²) in [7, 11) is 1.21. The lowest BCUT2D eigenvalue weighted by atomic mass is 9.72. The Morgan fingerprint density at radius 3 is 2.12 bits per heavy atom. The quantitative estimate of drug-likeness (QED) is 0.0588. The number of Topliss-reactive ketones (excluding diaryl/α,β-unsaturated/α-hetero) is 2. The molecule has 8 rings (SSSR count). The number of halogens is 6. The zero-order chi connectivity index (χ0) is 47.9. The Labute approximate surface area is 383 Å². The van der Waals surface area contributed by atoms with Gasteiger partial charge in [-0.05, 0) is 100 Å². The monoisotopic (exact) mass is 950 g/mol. The fourth-order valence-electron chi connectivity index (χ4n) is 9.98. The van der Waals surface area contributed by atoms with Crippen LogP contribution in [0.25, 0.3) is 0 Å². The van der Waals surface area contributed by atoms with Gasteiger partial charge in [0, 0.05) is 60.8 Å². The minimum Gasteiger partial charge on any atom is -0.357 e. The number of carbonyl (C=O) groups excluding carboxylic acids is 7. The number of nitrogens with one attached hydrogen (secondary N) is 5. The van der Waals surface area contributed by atoms with E-state index in [2.05, 4.69) is 26.6 Å². The number of benzene rings is 2. The van der Waals surface area contributed by atoms with Gasteiger partial charge in [0.2, 0.25) is 5.91 Å². The van der Waals surface area contributed by atoms with E-state index >= 15 is 0 Å². The third-order valence-electron chi connectivity index (χ3n) is 12.8. The number of hydrogen-bond donors (Lipinski definition) is 5. The number of likely N-dealkylation sites (N-methyl/N-ethyl adjacent to an activating group) is 1. The van der Waals surface area contributed by atoms with Crippen LogP contribution in [0.2, 0.25) is 10.0 Å². The zero-order valence-corrected chi connectivity index (χ0v) is 37.1. The summed E-state index contributed by atoms with van der Waals surface area (Å²) in [5.74, 6) is -12.1. The Hall–Kier alpha value is -6.52. The van der Waals surface area contributed by atoms with E-state index in [0.717, 1.165) is 18.2 Å². The van der Waals surface area contributed by atoms with Gasteiger partial charge in [0.1, 0.15) is 34.6 Å². The molecule has 2 aromatic carbocycles. The maximum Gasteiger partial charge on any atom is 0.293 e. The van der Waals surface area contributed by atoms with E-state index in [4.69, 9.17) is 23.2 Å². The molecule has 4 aliphatic rings. The number of carbonyl (C=O) groups is 7. The molecule has 2 aliphatic carbocycles. The minimum atomic E-state index is -3.25. The Morgan fingerprint density at radius 2 is 1.50 bits per heavy atom. The van der Waals surface area contributed by atoms with Gasteiger partial charge in [0.05, 0.1) is 26.7 Å². The Bertz CT molecular complexity index is 2890. The molecule has 2 fully saturated rings. The predicted octanol–water partition coefficient (Wildman–Crippen LogP) is 6.23. The number of nitrogens with zero attached hydrogens (tertiary/aromatic N) is 3. The van der Waals surface area contributed by atoms with Crippen LogP contribution < -0.4 is 26.6 Å². The Morgan fingerprint density at radius 1 is 0.879 bits per heavy atom. The highest BCUT2D eigenvalue weighted by Gasteiger charge is 2.63. The van der Waals surface area contributed by atoms with Crippen LogP contribution in [0, 0.1) is 41.7 Å². The van der Waals surface area contributed by atoms with E-state index in [1.54, 1.807) is 29.1 Å². The van der Waals surface area contributed by atoms with Gasteiger partial charge in [-0.3, -0.25) is 33.6 Å². The fourth-order valence-corrected chi connectivity index (χ4v) is 10.5. The molecular formula is C45H40Cl2F4N8O7. The van der Waals surface area contributed by atoms with Crippen molar-refractivity contribution in [2.24, 2.45) is 11.8 Å². The lowest BCUT2D eigenvalue weighted by Crippen LogP contribution is -2.69. The summed E-state index contributed by atoms with van der Waals surface area (Å²) >= 11 is 12.7. The average Bonchev–Trinajstić information content (AvgIpc) is 3.63. The maximum atomic E-state index is 14.1. The number of aromatic nitrogens is 2. The van der Waals surface area contributed by atoms with Crippen LogP contribution >= 0.6 is 23.2 Å². The van der Waals surface area contributed by atoms with E-state index in [1.807, 2.05) is 0 Å². The molecule has 5 amide bonds. The van der Waals surface area contributed by atoms with Crippen molar-refractivity contribution in [1.29, 1.82) is 5.26 Å².